The Morgan fingerprint density at radius 3 is 2.57 bits per heavy atom. The third kappa shape index (κ3) is 4.32. The van der Waals surface area contributed by atoms with Crippen LogP contribution in [0.1, 0.15) is 11.8 Å². The van der Waals surface area contributed by atoms with Crippen LogP contribution in [0.4, 0.5) is 14.9 Å². The summed E-state index contributed by atoms with van der Waals surface area (Å²) in [5.41, 5.74) is 0.535. The Morgan fingerprint density at radius 2 is 2.00 bits per heavy atom. The lowest BCUT2D eigenvalue weighted by Crippen LogP contribution is -2.36. The van der Waals surface area contributed by atoms with Crippen molar-refractivity contribution in [3.8, 4) is 0 Å². The Hall–Kier alpha value is -2.34. The van der Waals surface area contributed by atoms with Gasteiger partial charge in [0, 0.05) is 12.2 Å². The molecule has 1 atom stereocenters. The number of rotatable bonds is 5. The van der Waals surface area contributed by atoms with Crippen LogP contribution in [0.25, 0.3) is 0 Å². The second-order valence-electron chi connectivity index (χ2n) is 4.84. The van der Waals surface area contributed by atoms with Gasteiger partial charge in [-0.2, -0.15) is 0 Å². The molecule has 2 rings (SSSR count). The minimum atomic E-state index is -0.347. The maximum Gasteiger partial charge on any atom is 0.319 e. The Kier molecular flexibility index (Phi) is 4.94. The first-order valence-corrected chi connectivity index (χ1v) is 6.56. The van der Waals surface area contributed by atoms with Gasteiger partial charge in [0.05, 0.1) is 12.3 Å². The summed E-state index contributed by atoms with van der Waals surface area (Å²) in [5, 5.41) is 5.41. The van der Waals surface area contributed by atoms with E-state index in [1.807, 2.05) is 31.1 Å². The summed E-state index contributed by atoms with van der Waals surface area (Å²) in [6, 6.07) is 8.87. The lowest BCUT2D eigenvalue weighted by Gasteiger charge is -2.22. The molecule has 112 valence electrons. The molecule has 6 heteroatoms. The van der Waals surface area contributed by atoms with Gasteiger partial charge in [-0.05, 0) is 50.5 Å². The molecule has 2 amide bonds. The quantitative estimate of drug-likeness (QED) is 0.890. The van der Waals surface area contributed by atoms with Gasteiger partial charge in [0.15, 0.2) is 0 Å². The number of halogens is 1. The van der Waals surface area contributed by atoms with Gasteiger partial charge < -0.3 is 15.1 Å². The summed E-state index contributed by atoms with van der Waals surface area (Å²) < 4.78 is 18.1. The second-order valence-corrected chi connectivity index (χ2v) is 4.84. The van der Waals surface area contributed by atoms with E-state index in [0.29, 0.717) is 12.2 Å². The molecular weight excluding hydrogens is 273 g/mol. The molecule has 0 bridgehead atoms. The van der Waals surface area contributed by atoms with Gasteiger partial charge in [-0.25, -0.2) is 9.18 Å². The van der Waals surface area contributed by atoms with Crippen LogP contribution in [0.15, 0.2) is 47.1 Å². The molecule has 2 aromatic rings. The van der Waals surface area contributed by atoms with Gasteiger partial charge in [0.2, 0.25) is 0 Å². The molecule has 1 aromatic carbocycles. The fraction of sp³-hybridized carbons (Fsp3) is 0.267. The minimum Gasteiger partial charge on any atom is -0.468 e. The van der Waals surface area contributed by atoms with E-state index in [1.54, 1.807) is 6.26 Å². The van der Waals surface area contributed by atoms with Gasteiger partial charge >= 0.3 is 6.03 Å². The number of nitrogens with zero attached hydrogens (tertiary/aromatic N) is 1. The Labute approximate surface area is 122 Å². The van der Waals surface area contributed by atoms with E-state index in [-0.39, 0.29) is 17.9 Å². The summed E-state index contributed by atoms with van der Waals surface area (Å²) in [6.45, 7) is 0.396. The van der Waals surface area contributed by atoms with Crippen LogP contribution in [0, 0.1) is 5.82 Å². The maximum atomic E-state index is 12.8. The van der Waals surface area contributed by atoms with Crippen LogP contribution in [-0.2, 0) is 0 Å². The van der Waals surface area contributed by atoms with E-state index in [1.165, 1.54) is 24.3 Å². The number of anilines is 1. The third-order valence-electron chi connectivity index (χ3n) is 3.05. The normalized spacial score (nSPS) is 12.2. The molecule has 21 heavy (non-hydrogen) atoms. The summed E-state index contributed by atoms with van der Waals surface area (Å²) in [4.78, 5) is 13.8. The van der Waals surface area contributed by atoms with Crippen molar-refractivity contribution >= 4 is 11.7 Å². The molecule has 5 nitrogen and oxygen atoms in total. The van der Waals surface area contributed by atoms with Crippen molar-refractivity contribution in [2.45, 2.75) is 6.04 Å². The lowest BCUT2D eigenvalue weighted by atomic mass is 10.2. The van der Waals surface area contributed by atoms with Crippen molar-refractivity contribution in [3.63, 3.8) is 0 Å². The fourth-order valence-corrected chi connectivity index (χ4v) is 1.92. The average molecular weight is 291 g/mol. The van der Waals surface area contributed by atoms with Crippen LogP contribution >= 0.6 is 0 Å². The zero-order chi connectivity index (χ0) is 15.2. The first-order valence-electron chi connectivity index (χ1n) is 6.56. The average Bonchev–Trinajstić information content (AvgIpc) is 2.95. The highest BCUT2D eigenvalue weighted by atomic mass is 19.1. The highest BCUT2D eigenvalue weighted by molar-refractivity contribution is 5.89. The molecule has 0 saturated carbocycles. The van der Waals surface area contributed by atoms with Crippen molar-refractivity contribution in [1.82, 2.24) is 10.2 Å². The SMILES string of the molecule is CN(C)[C@H](CNC(=O)Nc1ccc(F)cc1)c1ccco1. The number of carbonyl (C=O) groups excluding carboxylic acids is 1. The Balaban J connectivity index is 1.89. The molecule has 0 saturated heterocycles. The highest BCUT2D eigenvalue weighted by Gasteiger charge is 2.17. The smallest absolute Gasteiger partial charge is 0.319 e. The van der Waals surface area contributed by atoms with E-state index in [9.17, 15) is 9.18 Å². The van der Waals surface area contributed by atoms with Gasteiger partial charge in [0.25, 0.3) is 0 Å². The first-order chi connectivity index (χ1) is 10.1. The topological polar surface area (TPSA) is 57.5 Å². The minimum absolute atomic E-state index is 0.0565. The molecule has 0 aliphatic heterocycles. The van der Waals surface area contributed by atoms with E-state index >= 15 is 0 Å². The fourth-order valence-electron chi connectivity index (χ4n) is 1.92. The van der Waals surface area contributed by atoms with Gasteiger partial charge in [-0.15, -0.1) is 0 Å². The highest BCUT2D eigenvalue weighted by Crippen LogP contribution is 2.17. The predicted molar refractivity (Wildman–Crippen MR) is 78.6 cm³/mol. The first kappa shape index (κ1) is 15.1. The predicted octanol–water partition coefficient (Wildman–Crippen LogP) is 2.84. The number of likely N-dealkylation sites (N-methyl/N-ethyl adjacent to an activating group) is 1. The summed E-state index contributed by atoms with van der Waals surface area (Å²) in [5.74, 6) is 0.438. The number of carbonyl (C=O) groups is 1. The van der Waals surface area contributed by atoms with Gasteiger partial charge in [-0.3, -0.25) is 4.90 Å². The van der Waals surface area contributed by atoms with Crippen molar-refractivity contribution in [3.05, 3.63) is 54.2 Å². The van der Waals surface area contributed by atoms with E-state index < -0.39 is 0 Å². The van der Waals surface area contributed by atoms with Gasteiger partial charge in [-0.1, -0.05) is 0 Å². The molecule has 1 aromatic heterocycles. The second kappa shape index (κ2) is 6.90. The molecule has 0 fully saturated rings. The molecule has 0 aliphatic rings. The van der Waals surface area contributed by atoms with Crippen molar-refractivity contribution < 1.29 is 13.6 Å². The summed E-state index contributed by atoms with van der Waals surface area (Å²) in [6.07, 6.45) is 1.60. The van der Waals surface area contributed by atoms with Crippen LogP contribution in [0.2, 0.25) is 0 Å². The van der Waals surface area contributed by atoms with E-state index in [4.69, 9.17) is 4.42 Å². The molecule has 0 spiro atoms. The zero-order valence-corrected chi connectivity index (χ0v) is 12.0. The van der Waals surface area contributed by atoms with E-state index in [0.717, 1.165) is 5.76 Å². The Morgan fingerprint density at radius 1 is 1.29 bits per heavy atom. The number of amides is 2. The molecule has 1 heterocycles. The number of hydrogen-bond donors (Lipinski definition) is 2. The summed E-state index contributed by atoms with van der Waals surface area (Å²) >= 11 is 0. The zero-order valence-electron chi connectivity index (χ0n) is 12.0. The maximum absolute atomic E-state index is 12.8. The van der Waals surface area contributed by atoms with Crippen LogP contribution in [-0.4, -0.2) is 31.6 Å². The Bertz CT molecular complexity index is 567. The number of hydrogen-bond acceptors (Lipinski definition) is 3. The standard InChI is InChI=1S/C15H18FN3O2/c1-19(2)13(14-4-3-9-21-14)10-17-15(20)18-12-7-5-11(16)6-8-12/h3-9,13H,10H2,1-2H3,(H2,17,18,20)/t13-/m1/s1. The third-order valence-corrected chi connectivity index (χ3v) is 3.05. The number of urea groups is 1. The largest absolute Gasteiger partial charge is 0.468 e. The van der Waals surface area contributed by atoms with Crippen molar-refractivity contribution in [2.75, 3.05) is 26.0 Å². The molecular formula is C15H18FN3O2. The molecule has 0 aliphatic carbocycles. The monoisotopic (exact) mass is 291 g/mol. The number of nitrogens with one attached hydrogen (secondary N) is 2. The number of furan rings is 1. The molecule has 0 unspecified atom stereocenters. The van der Waals surface area contributed by atoms with Gasteiger partial charge in [0.1, 0.15) is 11.6 Å². The van der Waals surface area contributed by atoms with Crippen LogP contribution in [0.3, 0.4) is 0 Å². The summed E-state index contributed by atoms with van der Waals surface area (Å²) in [7, 11) is 3.82. The van der Waals surface area contributed by atoms with Crippen LogP contribution < -0.4 is 10.6 Å². The molecule has 2 N–H and O–H groups in total. The number of benzene rings is 1. The lowest BCUT2D eigenvalue weighted by molar-refractivity contribution is 0.233. The molecule has 0 radical (unpaired) electrons. The van der Waals surface area contributed by atoms with Crippen molar-refractivity contribution in [1.29, 1.82) is 0 Å². The van der Waals surface area contributed by atoms with Crippen molar-refractivity contribution in [2.24, 2.45) is 0 Å². The van der Waals surface area contributed by atoms with Crippen LogP contribution in [0.5, 0.6) is 0 Å². The van der Waals surface area contributed by atoms with E-state index in [2.05, 4.69) is 10.6 Å².